The first-order valence-corrected chi connectivity index (χ1v) is 2.59. The summed E-state index contributed by atoms with van der Waals surface area (Å²) in [5.41, 5.74) is 0.331. The molecule has 0 heterocycles. The van der Waals surface area contributed by atoms with Gasteiger partial charge in [-0.1, -0.05) is 18.2 Å². The fraction of sp³-hybridized carbons (Fsp3) is 0. The predicted octanol–water partition coefficient (Wildman–Crippen LogP) is 1.38. The summed E-state index contributed by atoms with van der Waals surface area (Å²) in [6, 6.07) is 8.30. The Bertz CT molecular complexity index is 211. The van der Waals surface area contributed by atoms with Crippen molar-refractivity contribution < 1.29 is 48.9 Å². The van der Waals surface area contributed by atoms with Crippen LogP contribution in [0.1, 0.15) is 10.4 Å². The third kappa shape index (κ3) is 4.39. The average Bonchev–Trinajstić information content (AvgIpc) is 1.90. The Morgan fingerprint density at radius 3 is 1.82 bits per heavy atom. The summed E-state index contributed by atoms with van der Waals surface area (Å²) >= 11 is 0. The second-order valence-electron chi connectivity index (χ2n) is 1.67. The predicted molar refractivity (Wildman–Crippen MR) is 33.4 cm³/mol. The van der Waals surface area contributed by atoms with Crippen LogP contribution in [0.25, 0.3) is 0 Å². The number of hydrogen-bond acceptors (Lipinski definition) is 1. The van der Waals surface area contributed by atoms with Gasteiger partial charge in [-0.2, -0.15) is 0 Å². The van der Waals surface area contributed by atoms with Crippen LogP contribution in [0, 0.1) is 0 Å². The van der Waals surface area contributed by atoms with E-state index >= 15 is 0 Å². The van der Waals surface area contributed by atoms with E-state index < -0.39 is 5.97 Å². The van der Waals surface area contributed by atoms with Crippen LogP contribution in [0.5, 0.6) is 0 Å². The van der Waals surface area contributed by atoms with Crippen molar-refractivity contribution in [2.75, 3.05) is 0 Å². The van der Waals surface area contributed by atoms with Gasteiger partial charge in [-0.15, -0.1) is 0 Å². The second-order valence-corrected chi connectivity index (χ2v) is 1.67. The summed E-state index contributed by atoms with van der Waals surface area (Å²) in [4.78, 5) is 10.2. The molecule has 0 bridgehead atoms. The van der Waals surface area contributed by atoms with Gasteiger partial charge in [0.05, 0.1) is 5.56 Å². The molecule has 1 rings (SSSR count). The molecule has 1 aromatic rings. The molecule has 64 valence electrons. The zero-order chi connectivity index (χ0) is 6.69. The normalized spacial score (nSPS) is 7.27. The maximum absolute atomic E-state index is 10.2. The topological polar surface area (TPSA) is 37.3 Å². The number of rotatable bonds is 1. The molecular formula is C7H6O2Rh2. The first-order valence-electron chi connectivity index (χ1n) is 2.59. The van der Waals surface area contributed by atoms with E-state index in [-0.39, 0.29) is 39.0 Å². The van der Waals surface area contributed by atoms with Crippen molar-refractivity contribution in [2.24, 2.45) is 0 Å². The summed E-state index contributed by atoms with van der Waals surface area (Å²) in [6.07, 6.45) is 0. The van der Waals surface area contributed by atoms with Gasteiger partial charge in [0.2, 0.25) is 0 Å². The van der Waals surface area contributed by atoms with Gasteiger partial charge in [-0.25, -0.2) is 4.79 Å². The Morgan fingerprint density at radius 2 is 1.55 bits per heavy atom. The number of hydrogen-bond donors (Lipinski definition) is 1. The van der Waals surface area contributed by atoms with Gasteiger partial charge in [0.1, 0.15) is 0 Å². The Labute approximate surface area is 90.5 Å². The van der Waals surface area contributed by atoms with E-state index in [2.05, 4.69) is 0 Å². The van der Waals surface area contributed by atoms with Crippen LogP contribution in [-0.2, 0) is 39.0 Å². The number of carbonyl (C=O) groups is 1. The molecular weight excluding hydrogens is 322 g/mol. The van der Waals surface area contributed by atoms with Crippen molar-refractivity contribution in [3.05, 3.63) is 35.9 Å². The minimum Gasteiger partial charge on any atom is -0.478 e. The molecule has 1 aromatic carbocycles. The Hall–Kier alpha value is -0.0632. The quantitative estimate of drug-likeness (QED) is 0.791. The molecule has 0 aliphatic carbocycles. The van der Waals surface area contributed by atoms with E-state index in [0.717, 1.165) is 0 Å². The molecule has 0 saturated heterocycles. The molecule has 0 unspecified atom stereocenters. The van der Waals surface area contributed by atoms with E-state index in [1.165, 1.54) is 0 Å². The third-order valence-corrected chi connectivity index (χ3v) is 1.02. The monoisotopic (exact) mass is 328 g/mol. The van der Waals surface area contributed by atoms with Gasteiger partial charge < -0.3 is 5.11 Å². The van der Waals surface area contributed by atoms with Crippen molar-refractivity contribution in [3.8, 4) is 0 Å². The smallest absolute Gasteiger partial charge is 0.335 e. The minimum atomic E-state index is -0.879. The third-order valence-electron chi connectivity index (χ3n) is 1.02. The molecule has 0 fully saturated rings. The van der Waals surface area contributed by atoms with Crippen LogP contribution in [-0.4, -0.2) is 11.1 Å². The molecule has 0 aromatic heterocycles. The van der Waals surface area contributed by atoms with Crippen LogP contribution in [0.3, 0.4) is 0 Å². The van der Waals surface area contributed by atoms with Crippen molar-refractivity contribution in [1.29, 1.82) is 0 Å². The zero-order valence-corrected chi connectivity index (χ0v) is 8.69. The number of benzene rings is 1. The number of aromatic carboxylic acids is 1. The van der Waals surface area contributed by atoms with E-state index in [9.17, 15) is 4.79 Å². The summed E-state index contributed by atoms with van der Waals surface area (Å²) < 4.78 is 0. The van der Waals surface area contributed by atoms with E-state index in [0.29, 0.717) is 5.56 Å². The molecule has 0 saturated carbocycles. The minimum absolute atomic E-state index is 0. The van der Waals surface area contributed by atoms with Crippen molar-refractivity contribution in [3.63, 3.8) is 0 Å². The molecule has 2 nitrogen and oxygen atoms in total. The Kier molecular flexibility index (Phi) is 8.16. The maximum Gasteiger partial charge on any atom is 0.335 e. The summed E-state index contributed by atoms with van der Waals surface area (Å²) in [6.45, 7) is 0. The molecule has 0 amide bonds. The van der Waals surface area contributed by atoms with Crippen LogP contribution in [0.4, 0.5) is 0 Å². The zero-order valence-electron chi connectivity index (χ0n) is 5.41. The van der Waals surface area contributed by atoms with Crippen molar-refractivity contribution >= 4 is 5.97 Å². The van der Waals surface area contributed by atoms with Gasteiger partial charge in [0.15, 0.2) is 0 Å². The maximum atomic E-state index is 10.2. The van der Waals surface area contributed by atoms with Crippen molar-refractivity contribution in [1.82, 2.24) is 0 Å². The van der Waals surface area contributed by atoms with Crippen LogP contribution >= 0.6 is 0 Å². The van der Waals surface area contributed by atoms with Gasteiger partial charge in [0.25, 0.3) is 0 Å². The molecule has 4 heteroatoms. The summed E-state index contributed by atoms with van der Waals surface area (Å²) in [5.74, 6) is -0.879. The molecule has 0 aliphatic rings. The molecule has 0 atom stereocenters. The molecule has 1 N–H and O–H groups in total. The number of carboxylic acids is 1. The average molecular weight is 328 g/mol. The van der Waals surface area contributed by atoms with E-state index in [1.807, 2.05) is 0 Å². The van der Waals surface area contributed by atoms with Crippen LogP contribution in [0.2, 0.25) is 0 Å². The standard InChI is InChI=1S/C7H6O2.2Rh/c8-7(9)6-4-2-1-3-5-6;;/h1-5H,(H,8,9);;. The molecule has 2 radical (unpaired) electrons. The molecule has 11 heavy (non-hydrogen) atoms. The Morgan fingerprint density at radius 1 is 1.09 bits per heavy atom. The van der Waals surface area contributed by atoms with Crippen molar-refractivity contribution in [2.45, 2.75) is 0 Å². The van der Waals surface area contributed by atoms with Gasteiger partial charge in [-0.05, 0) is 12.1 Å². The first kappa shape index (κ1) is 13.5. The fourth-order valence-corrected chi connectivity index (χ4v) is 0.581. The van der Waals surface area contributed by atoms with Crippen LogP contribution in [0.15, 0.2) is 30.3 Å². The largest absolute Gasteiger partial charge is 0.478 e. The molecule has 0 spiro atoms. The van der Waals surface area contributed by atoms with E-state index in [1.54, 1.807) is 30.3 Å². The second kappa shape index (κ2) is 6.63. The summed E-state index contributed by atoms with van der Waals surface area (Å²) in [5, 5.41) is 8.38. The van der Waals surface area contributed by atoms with E-state index in [4.69, 9.17) is 5.11 Å². The van der Waals surface area contributed by atoms with Crippen LogP contribution < -0.4 is 0 Å². The Balaban J connectivity index is 0. The fourth-order valence-electron chi connectivity index (χ4n) is 0.581. The van der Waals surface area contributed by atoms with Gasteiger partial charge in [-0.3, -0.25) is 0 Å². The number of carboxylic acid groups (broad SMARTS) is 1. The summed E-state index contributed by atoms with van der Waals surface area (Å²) in [7, 11) is 0. The SMILES string of the molecule is O=C(O)c1ccccc1.[Rh].[Rh]. The first-order chi connectivity index (χ1) is 4.30. The van der Waals surface area contributed by atoms with Gasteiger partial charge in [0, 0.05) is 39.0 Å². The van der Waals surface area contributed by atoms with Gasteiger partial charge >= 0.3 is 5.97 Å². The molecule has 0 aliphatic heterocycles.